The highest BCUT2D eigenvalue weighted by atomic mass is 32.2. The number of thiophene rings is 1. The van der Waals surface area contributed by atoms with Gasteiger partial charge < -0.3 is 15.4 Å². The first-order chi connectivity index (χ1) is 19.9. The van der Waals surface area contributed by atoms with E-state index in [4.69, 9.17) is 4.74 Å². The van der Waals surface area contributed by atoms with E-state index in [1.54, 1.807) is 31.2 Å². The van der Waals surface area contributed by atoms with Crippen molar-refractivity contribution < 1.29 is 23.5 Å². The van der Waals surface area contributed by atoms with Gasteiger partial charge in [-0.1, -0.05) is 48.5 Å². The highest BCUT2D eigenvalue weighted by Crippen LogP contribution is 2.41. The SMILES string of the molecule is CCOC(=O)c1c(NC(=O)C(Sc2cccc(NC(=O)c3ccccc3F)c2)c2ccccc2)sc2c1CCCC2. The summed E-state index contributed by atoms with van der Waals surface area (Å²) in [5.74, 6) is -1.85. The number of thioether (sulfide) groups is 1. The average molecular weight is 589 g/mol. The fourth-order valence-corrected chi connectivity index (χ4v) is 7.14. The summed E-state index contributed by atoms with van der Waals surface area (Å²) in [7, 11) is 0. The maximum atomic E-state index is 14.1. The van der Waals surface area contributed by atoms with Crippen molar-refractivity contribution in [3.8, 4) is 0 Å². The number of ether oxygens (including phenoxy) is 1. The quantitative estimate of drug-likeness (QED) is 0.155. The zero-order valence-corrected chi connectivity index (χ0v) is 24.1. The number of anilines is 2. The molecular weight excluding hydrogens is 559 g/mol. The lowest BCUT2D eigenvalue weighted by molar-refractivity contribution is -0.115. The molecule has 1 aliphatic carbocycles. The number of amides is 2. The molecule has 0 spiro atoms. The fourth-order valence-electron chi connectivity index (χ4n) is 4.78. The Kier molecular flexibility index (Phi) is 9.16. The average Bonchev–Trinajstić information content (AvgIpc) is 3.34. The third kappa shape index (κ3) is 6.69. The molecule has 0 aliphatic heterocycles. The first-order valence-corrected chi connectivity index (χ1v) is 15.1. The molecule has 1 heterocycles. The Balaban J connectivity index is 1.40. The molecule has 3 aromatic carbocycles. The molecule has 0 radical (unpaired) electrons. The van der Waals surface area contributed by atoms with E-state index in [1.807, 2.05) is 36.4 Å². The summed E-state index contributed by atoms with van der Waals surface area (Å²) < 4.78 is 19.5. The summed E-state index contributed by atoms with van der Waals surface area (Å²) in [5.41, 5.74) is 2.66. The minimum atomic E-state index is -0.650. The van der Waals surface area contributed by atoms with E-state index in [0.717, 1.165) is 46.6 Å². The summed E-state index contributed by atoms with van der Waals surface area (Å²) in [6.45, 7) is 2.02. The van der Waals surface area contributed by atoms with Crippen LogP contribution in [0.5, 0.6) is 0 Å². The number of aryl methyl sites for hydroxylation is 1. The van der Waals surface area contributed by atoms with Gasteiger partial charge in [0.25, 0.3) is 5.91 Å². The molecule has 41 heavy (non-hydrogen) atoms. The van der Waals surface area contributed by atoms with E-state index in [-0.39, 0.29) is 18.1 Å². The van der Waals surface area contributed by atoms with E-state index >= 15 is 0 Å². The van der Waals surface area contributed by atoms with Gasteiger partial charge in [0.1, 0.15) is 16.1 Å². The smallest absolute Gasteiger partial charge is 0.341 e. The predicted octanol–water partition coefficient (Wildman–Crippen LogP) is 7.67. The molecule has 1 unspecified atom stereocenters. The van der Waals surface area contributed by atoms with Crippen molar-refractivity contribution in [1.29, 1.82) is 0 Å². The van der Waals surface area contributed by atoms with Crippen molar-refractivity contribution >= 4 is 51.6 Å². The van der Waals surface area contributed by atoms with Crippen LogP contribution in [0.3, 0.4) is 0 Å². The minimum absolute atomic E-state index is 0.0526. The maximum Gasteiger partial charge on any atom is 0.341 e. The van der Waals surface area contributed by atoms with Crippen LogP contribution < -0.4 is 10.6 Å². The molecule has 1 atom stereocenters. The zero-order valence-electron chi connectivity index (χ0n) is 22.4. The number of fused-ring (bicyclic) bond motifs is 1. The van der Waals surface area contributed by atoms with Crippen LogP contribution in [0.15, 0.2) is 83.8 Å². The van der Waals surface area contributed by atoms with Crippen LogP contribution in [0.4, 0.5) is 15.1 Å². The number of halogens is 1. The lowest BCUT2D eigenvalue weighted by Crippen LogP contribution is -2.20. The number of nitrogens with one attached hydrogen (secondary N) is 2. The van der Waals surface area contributed by atoms with Crippen LogP contribution in [0.25, 0.3) is 0 Å². The van der Waals surface area contributed by atoms with Gasteiger partial charge in [0, 0.05) is 15.5 Å². The van der Waals surface area contributed by atoms with E-state index in [0.29, 0.717) is 16.3 Å². The summed E-state index contributed by atoms with van der Waals surface area (Å²) in [5, 5.41) is 5.66. The van der Waals surface area contributed by atoms with Gasteiger partial charge in [0.2, 0.25) is 5.91 Å². The molecule has 4 aromatic rings. The van der Waals surface area contributed by atoms with Crippen LogP contribution in [-0.4, -0.2) is 24.4 Å². The van der Waals surface area contributed by atoms with Crippen LogP contribution >= 0.6 is 23.1 Å². The normalized spacial score (nSPS) is 13.1. The third-order valence-electron chi connectivity index (χ3n) is 6.69. The first kappa shape index (κ1) is 28.6. The lowest BCUT2D eigenvalue weighted by atomic mass is 9.95. The number of carbonyl (C=O) groups excluding carboxylic acids is 3. The van der Waals surface area contributed by atoms with Crippen molar-refractivity contribution in [2.75, 3.05) is 17.2 Å². The predicted molar refractivity (Wildman–Crippen MR) is 161 cm³/mol. The van der Waals surface area contributed by atoms with Crippen molar-refractivity contribution in [1.82, 2.24) is 0 Å². The van der Waals surface area contributed by atoms with Gasteiger partial charge in [0.15, 0.2) is 0 Å². The number of rotatable bonds is 9. The van der Waals surface area contributed by atoms with Crippen molar-refractivity contribution in [3.05, 3.63) is 112 Å². The van der Waals surface area contributed by atoms with Crippen LogP contribution in [0.1, 0.15) is 61.7 Å². The van der Waals surface area contributed by atoms with E-state index < -0.39 is 22.9 Å². The maximum absolute atomic E-state index is 14.1. The Morgan fingerprint density at radius 2 is 1.71 bits per heavy atom. The second-order valence-electron chi connectivity index (χ2n) is 9.50. The highest BCUT2D eigenvalue weighted by molar-refractivity contribution is 8.00. The monoisotopic (exact) mass is 588 g/mol. The molecule has 1 aliphatic rings. The summed E-state index contributed by atoms with van der Waals surface area (Å²) in [6, 6.07) is 22.3. The van der Waals surface area contributed by atoms with Crippen molar-refractivity contribution in [2.24, 2.45) is 0 Å². The Hall–Kier alpha value is -3.95. The lowest BCUT2D eigenvalue weighted by Gasteiger charge is -2.18. The van der Waals surface area contributed by atoms with Crippen LogP contribution in [0.2, 0.25) is 0 Å². The number of esters is 1. The molecule has 0 bridgehead atoms. The van der Waals surface area contributed by atoms with Gasteiger partial charge in [-0.2, -0.15) is 0 Å². The van der Waals surface area contributed by atoms with E-state index in [9.17, 15) is 18.8 Å². The molecule has 2 N–H and O–H groups in total. The Labute approximate surface area is 246 Å². The van der Waals surface area contributed by atoms with Gasteiger partial charge in [-0.25, -0.2) is 9.18 Å². The number of carbonyl (C=O) groups is 3. The Morgan fingerprint density at radius 1 is 0.951 bits per heavy atom. The summed E-state index contributed by atoms with van der Waals surface area (Å²) >= 11 is 2.77. The second-order valence-corrected chi connectivity index (χ2v) is 11.8. The molecule has 9 heteroatoms. The van der Waals surface area contributed by atoms with E-state index in [2.05, 4.69) is 10.6 Å². The van der Waals surface area contributed by atoms with Gasteiger partial charge in [0.05, 0.1) is 17.7 Å². The zero-order chi connectivity index (χ0) is 28.8. The molecule has 5 rings (SSSR count). The van der Waals surface area contributed by atoms with Gasteiger partial charge in [-0.05, 0) is 74.1 Å². The topological polar surface area (TPSA) is 84.5 Å². The minimum Gasteiger partial charge on any atom is -0.462 e. The van der Waals surface area contributed by atoms with Gasteiger partial charge >= 0.3 is 5.97 Å². The highest BCUT2D eigenvalue weighted by Gasteiger charge is 2.30. The number of hydrogen-bond donors (Lipinski definition) is 2. The van der Waals surface area contributed by atoms with E-state index in [1.165, 1.54) is 41.3 Å². The van der Waals surface area contributed by atoms with Crippen LogP contribution in [-0.2, 0) is 22.4 Å². The molecular formula is C32H29FN2O4S2. The Bertz CT molecular complexity index is 1570. The van der Waals surface area contributed by atoms with Crippen LogP contribution in [0, 0.1) is 5.82 Å². The molecule has 0 fully saturated rings. The second kappa shape index (κ2) is 13.1. The molecule has 2 amide bonds. The number of benzene rings is 3. The summed E-state index contributed by atoms with van der Waals surface area (Å²) in [4.78, 5) is 41.3. The molecule has 210 valence electrons. The van der Waals surface area contributed by atoms with Gasteiger partial charge in [-0.3, -0.25) is 9.59 Å². The molecule has 1 aromatic heterocycles. The third-order valence-corrected chi connectivity index (χ3v) is 9.15. The van der Waals surface area contributed by atoms with Gasteiger partial charge in [-0.15, -0.1) is 23.1 Å². The standard InChI is InChI=1S/C32H29FN2O4S2/c1-2-39-32(38)27-24-16-7-9-18-26(24)41-31(27)35-30(37)28(20-11-4-3-5-12-20)40-22-14-10-13-21(19-22)34-29(36)23-15-6-8-17-25(23)33/h3-6,8,10-15,17,19,28H,2,7,9,16,18H2,1H3,(H,34,36)(H,35,37). The number of hydrogen-bond acceptors (Lipinski definition) is 6. The fraction of sp³-hybridized carbons (Fsp3) is 0.219. The van der Waals surface area contributed by atoms with Crippen molar-refractivity contribution in [2.45, 2.75) is 42.8 Å². The first-order valence-electron chi connectivity index (χ1n) is 13.4. The Morgan fingerprint density at radius 3 is 2.49 bits per heavy atom. The van der Waals surface area contributed by atoms with Crippen molar-refractivity contribution in [3.63, 3.8) is 0 Å². The molecule has 0 saturated carbocycles. The summed E-state index contributed by atoms with van der Waals surface area (Å²) in [6.07, 6.45) is 3.72. The molecule has 6 nitrogen and oxygen atoms in total. The largest absolute Gasteiger partial charge is 0.462 e. The molecule has 0 saturated heterocycles.